The van der Waals surface area contributed by atoms with E-state index in [-0.39, 0.29) is 17.9 Å². The Hall–Kier alpha value is -1.46. The lowest BCUT2D eigenvalue weighted by Crippen LogP contribution is -2.23. The first-order valence-electron chi connectivity index (χ1n) is 6.06. The van der Waals surface area contributed by atoms with Gasteiger partial charge in [-0.15, -0.1) is 0 Å². The van der Waals surface area contributed by atoms with Gasteiger partial charge in [0.1, 0.15) is 5.82 Å². The maximum atomic E-state index is 13.0. The molecule has 0 fully saturated rings. The zero-order chi connectivity index (χ0) is 14.0. The van der Waals surface area contributed by atoms with E-state index < -0.39 is 0 Å². The smallest absolute Gasteiger partial charge is 0.141 e. The van der Waals surface area contributed by atoms with Crippen molar-refractivity contribution in [3.63, 3.8) is 0 Å². The van der Waals surface area contributed by atoms with E-state index in [4.69, 9.17) is 11.6 Å². The Labute approximate surface area is 116 Å². The molecular weight excluding hydrogens is 267 g/mol. The molecule has 6 heteroatoms. The fraction of sp³-hybridized carbons (Fsp3) is 0.385. The van der Waals surface area contributed by atoms with E-state index in [0.29, 0.717) is 10.7 Å². The molecule has 0 aliphatic rings. The molecule has 2 heterocycles. The minimum Gasteiger partial charge on any atom is -0.307 e. The van der Waals surface area contributed by atoms with Crippen molar-refractivity contribution in [2.75, 3.05) is 7.05 Å². The molecule has 2 aromatic rings. The van der Waals surface area contributed by atoms with Crippen molar-refractivity contribution in [2.45, 2.75) is 25.9 Å². The van der Waals surface area contributed by atoms with Gasteiger partial charge in [0, 0.05) is 6.04 Å². The Morgan fingerprint density at radius 2 is 2.05 bits per heavy atom. The van der Waals surface area contributed by atoms with Gasteiger partial charge in [0.2, 0.25) is 0 Å². The molecule has 19 heavy (non-hydrogen) atoms. The van der Waals surface area contributed by atoms with Crippen LogP contribution in [0.25, 0.3) is 0 Å². The summed E-state index contributed by atoms with van der Waals surface area (Å²) in [6, 6.07) is 2.98. The van der Waals surface area contributed by atoms with E-state index in [9.17, 15) is 4.39 Å². The van der Waals surface area contributed by atoms with Crippen LogP contribution < -0.4 is 5.32 Å². The van der Waals surface area contributed by atoms with Crippen LogP contribution in [-0.2, 0) is 0 Å². The summed E-state index contributed by atoms with van der Waals surface area (Å²) in [7, 11) is 1.81. The maximum absolute atomic E-state index is 13.0. The van der Waals surface area contributed by atoms with E-state index >= 15 is 0 Å². The molecule has 2 aromatic heterocycles. The summed E-state index contributed by atoms with van der Waals surface area (Å²) in [5.41, 5.74) is 1.53. The molecule has 2 rings (SSSR count). The van der Waals surface area contributed by atoms with Crippen LogP contribution in [0.15, 0.2) is 24.5 Å². The third kappa shape index (κ3) is 2.77. The van der Waals surface area contributed by atoms with Gasteiger partial charge in [-0.1, -0.05) is 11.6 Å². The van der Waals surface area contributed by atoms with Crippen LogP contribution in [0.1, 0.15) is 37.3 Å². The second kappa shape index (κ2) is 5.67. The van der Waals surface area contributed by atoms with Crippen molar-refractivity contribution in [3.05, 3.63) is 46.8 Å². The molecule has 0 saturated heterocycles. The summed E-state index contributed by atoms with van der Waals surface area (Å²) in [5, 5.41) is 7.98. The standard InChI is InChI=1S/C13H16ClFN4/c1-8(2)19-13(10(14)7-18-19)12(16-3)11-5-4-9(15)6-17-11/h4-8,12,16H,1-3H3. The van der Waals surface area contributed by atoms with Gasteiger partial charge in [-0.25, -0.2) is 4.39 Å². The first kappa shape index (κ1) is 14.0. The van der Waals surface area contributed by atoms with E-state index in [0.717, 1.165) is 5.69 Å². The molecule has 1 unspecified atom stereocenters. The molecular formula is C13H16ClFN4. The molecule has 0 aliphatic carbocycles. The summed E-state index contributed by atoms with van der Waals surface area (Å²) in [5.74, 6) is -0.359. The molecule has 0 spiro atoms. The lowest BCUT2D eigenvalue weighted by Gasteiger charge is -2.20. The zero-order valence-corrected chi connectivity index (χ0v) is 11.8. The quantitative estimate of drug-likeness (QED) is 0.937. The molecule has 0 bridgehead atoms. The Bertz CT molecular complexity index is 550. The van der Waals surface area contributed by atoms with Gasteiger partial charge in [-0.2, -0.15) is 5.10 Å². The van der Waals surface area contributed by atoms with Crippen LogP contribution >= 0.6 is 11.6 Å². The number of nitrogens with one attached hydrogen (secondary N) is 1. The number of nitrogens with zero attached hydrogens (tertiary/aromatic N) is 3. The summed E-state index contributed by atoms with van der Waals surface area (Å²) in [4.78, 5) is 4.11. The monoisotopic (exact) mass is 282 g/mol. The van der Waals surface area contributed by atoms with Crippen LogP contribution in [0.4, 0.5) is 4.39 Å². The van der Waals surface area contributed by atoms with Crippen LogP contribution in [0.3, 0.4) is 0 Å². The summed E-state index contributed by atoms with van der Waals surface area (Å²) in [6.07, 6.45) is 2.81. The zero-order valence-electron chi connectivity index (χ0n) is 11.1. The molecule has 102 valence electrons. The summed E-state index contributed by atoms with van der Waals surface area (Å²) in [6.45, 7) is 4.05. The van der Waals surface area contributed by atoms with Crippen molar-refractivity contribution in [3.8, 4) is 0 Å². The van der Waals surface area contributed by atoms with Gasteiger partial charge in [-0.3, -0.25) is 9.67 Å². The highest BCUT2D eigenvalue weighted by Gasteiger charge is 2.23. The largest absolute Gasteiger partial charge is 0.307 e. The highest BCUT2D eigenvalue weighted by Crippen LogP contribution is 2.29. The van der Waals surface area contributed by atoms with E-state index in [1.807, 2.05) is 25.6 Å². The van der Waals surface area contributed by atoms with E-state index in [1.165, 1.54) is 12.3 Å². The molecule has 4 nitrogen and oxygen atoms in total. The van der Waals surface area contributed by atoms with Gasteiger partial charge in [0.15, 0.2) is 0 Å². The van der Waals surface area contributed by atoms with Crippen LogP contribution in [0.2, 0.25) is 5.02 Å². The van der Waals surface area contributed by atoms with Crippen LogP contribution in [0, 0.1) is 5.82 Å². The number of pyridine rings is 1. The predicted molar refractivity (Wildman–Crippen MR) is 72.7 cm³/mol. The van der Waals surface area contributed by atoms with Crippen molar-refractivity contribution in [2.24, 2.45) is 0 Å². The fourth-order valence-electron chi connectivity index (χ4n) is 2.02. The number of halogens is 2. The number of aromatic nitrogens is 3. The maximum Gasteiger partial charge on any atom is 0.141 e. The third-order valence-corrected chi connectivity index (χ3v) is 3.18. The van der Waals surface area contributed by atoms with Crippen molar-refractivity contribution < 1.29 is 4.39 Å². The highest BCUT2D eigenvalue weighted by molar-refractivity contribution is 6.31. The highest BCUT2D eigenvalue weighted by atomic mass is 35.5. The average Bonchev–Trinajstić information content (AvgIpc) is 2.75. The predicted octanol–water partition coefficient (Wildman–Crippen LogP) is 2.96. The molecule has 1 N–H and O–H groups in total. The number of rotatable bonds is 4. The number of hydrogen-bond acceptors (Lipinski definition) is 3. The Balaban J connectivity index is 2.47. The number of hydrogen-bond donors (Lipinski definition) is 1. The molecule has 0 saturated carbocycles. The van der Waals surface area contributed by atoms with Crippen LogP contribution in [0.5, 0.6) is 0 Å². The van der Waals surface area contributed by atoms with E-state index in [2.05, 4.69) is 15.4 Å². The lowest BCUT2D eigenvalue weighted by molar-refractivity contribution is 0.480. The van der Waals surface area contributed by atoms with Gasteiger partial charge < -0.3 is 5.32 Å². The van der Waals surface area contributed by atoms with Crippen molar-refractivity contribution in [1.29, 1.82) is 0 Å². The van der Waals surface area contributed by atoms with Crippen molar-refractivity contribution in [1.82, 2.24) is 20.1 Å². The Morgan fingerprint density at radius 3 is 2.58 bits per heavy atom. The molecule has 1 atom stereocenters. The van der Waals surface area contributed by atoms with E-state index in [1.54, 1.807) is 12.3 Å². The normalized spacial score (nSPS) is 12.9. The fourth-order valence-corrected chi connectivity index (χ4v) is 2.25. The second-order valence-corrected chi connectivity index (χ2v) is 4.95. The molecule has 0 radical (unpaired) electrons. The minimum absolute atomic E-state index is 0.179. The topological polar surface area (TPSA) is 42.7 Å². The third-order valence-electron chi connectivity index (χ3n) is 2.88. The van der Waals surface area contributed by atoms with Crippen molar-refractivity contribution >= 4 is 11.6 Å². The van der Waals surface area contributed by atoms with Gasteiger partial charge in [0.25, 0.3) is 0 Å². The molecule has 0 amide bonds. The minimum atomic E-state index is -0.359. The van der Waals surface area contributed by atoms with Gasteiger partial charge in [0.05, 0.1) is 34.8 Å². The molecule has 0 aromatic carbocycles. The first-order chi connectivity index (χ1) is 9.04. The Morgan fingerprint density at radius 1 is 1.32 bits per heavy atom. The molecule has 0 aliphatic heterocycles. The van der Waals surface area contributed by atoms with Gasteiger partial charge in [-0.05, 0) is 33.0 Å². The average molecular weight is 283 g/mol. The first-order valence-corrected chi connectivity index (χ1v) is 6.44. The lowest BCUT2D eigenvalue weighted by atomic mass is 10.1. The van der Waals surface area contributed by atoms with Crippen LogP contribution in [-0.4, -0.2) is 21.8 Å². The summed E-state index contributed by atoms with van der Waals surface area (Å²) >= 11 is 6.22. The summed E-state index contributed by atoms with van der Waals surface area (Å²) < 4.78 is 14.8. The SMILES string of the molecule is CNC(c1ccc(F)cn1)c1c(Cl)cnn1C(C)C. The van der Waals surface area contributed by atoms with Gasteiger partial charge >= 0.3 is 0 Å². The second-order valence-electron chi connectivity index (χ2n) is 4.54. The Kier molecular flexibility index (Phi) is 4.17.